The molecule has 0 amide bonds. The van der Waals surface area contributed by atoms with Crippen molar-refractivity contribution in [3.63, 3.8) is 0 Å². The molecule has 5 rings (SSSR count). The first kappa shape index (κ1) is 17.9. The molecule has 1 nitrogen and oxygen atoms in total. The first-order valence-electron chi connectivity index (χ1n) is 10.4. The van der Waals surface area contributed by atoms with Crippen molar-refractivity contribution in [1.82, 2.24) is 0 Å². The molecule has 3 aromatic rings. The number of fused-ring (bicyclic) bond motifs is 2. The van der Waals surface area contributed by atoms with E-state index in [9.17, 15) is 4.79 Å². The molecule has 142 valence electrons. The van der Waals surface area contributed by atoms with E-state index < -0.39 is 0 Å². The molecule has 29 heavy (non-hydrogen) atoms. The summed E-state index contributed by atoms with van der Waals surface area (Å²) in [7, 11) is 0. The lowest BCUT2D eigenvalue weighted by atomic mass is 9.72. The number of hydrogen-bond donors (Lipinski definition) is 0. The lowest BCUT2D eigenvalue weighted by Crippen LogP contribution is -2.20. The van der Waals surface area contributed by atoms with Crippen LogP contribution in [0.15, 0.2) is 109 Å². The summed E-state index contributed by atoms with van der Waals surface area (Å²) >= 11 is 0. The molecule has 0 unspecified atom stereocenters. The lowest BCUT2D eigenvalue weighted by molar-refractivity contribution is 0.104. The minimum Gasteiger partial charge on any atom is -0.289 e. The number of ketones is 1. The van der Waals surface area contributed by atoms with Gasteiger partial charge in [-0.15, -0.1) is 0 Å². The monoisotopic (exact) mass is 376 g/mol. The van der Waals surface area contributed by atoms with Crippen molar-refractivity contribution in [2.24, 2.45) is 17.8 Å². The van der Waals surface area contributed by atoms with Gasteiger partial charge in [-0.2, -0.15) is 0 Å². The van der Waals surface area contributed by atoms with Gasteiger partial charge in [0.1, 0.15) is 0 Å². The van der Waals surface area contributed by atoms with Gasteiger partial charge in [0.15, 0.2) is 5.78 Å². The van der Waals surface area contributed by atoms with Gasteiger partial charge in [0.2, 0.25) is 0 Å². The maximum absolute atomic E-state index is 13.1. The highest BCUT2D eigenvalue weighted by Crippen LogP contribution is 2.57. The third-order valence-corrected chi connectivity index (χ3v) is 6.45. The molecule has 0 radical (unpaired) electrons. The Morgan fingerprint density at radius 1 is 0.690 bits per heavy atom. The first-order chi connectivity index (χ1) is 14.3. The predicted molar refractivity (Wildman–Crippen MR) is 119 cm³/mol. The normalized spacial score (nSPS) is 25.3. The molecule has 2 aliphatic carbocycles. The zero-order valence-corrected chi connectivity index (χ0v) is 16.3. The summed E-state index contributed by atoms with van der Waals surface area (Å²) in [5.41, 5.74) is 4.45. The van der Waals surface area contributed by atoms with Crippen molar-refractivity contribution >= 4 is 11.4 Å². The molecule has 0 saturated heterocycles. The van der Waals surface area contributed by atoms with Crippen LogP contribution in [-0.4, -0.2) is 5.78 Å². The average Bonchev–Trinajstić information content (AvgIpc) is 3.41. The second kappa shape index (κ2) is 7.67. The van der Waals surface area contributed by atoms with E-state index in [2.05, 4.69) is 66.7 Å². The third-order valence-electron chi connectivity index (χ3n) is 6.45. The SMILES string of the molecule is O=C(/C=C(/c1ccccc1)[C@@H]1[C@H](c2ccccc2)[C@H]2C=C[C@H]1C2)c1ccccc1. The molecule has 0 N–H and O–H groups in total. The zero-order chi connectivity index (χ0) is 19.6. The van der Waals surface area contributed by atoms with E-state index in [0.717, 1.165) is 11.1 Å². The summed E-state index contributed by atoms with van der Waals surface area (Å²) in [5.74, 6) is 1.86. The molecular formula is C28H24O. The fraction of sp³-hybridized carbons (Fsp3) is 0.179. The smallest absolute Gasteiger partial charge is 0.186 e. The van der Waals surface area contributed by atoms with Crippen LogP contribution in [0, 0.1) is 17.8 Å². The number of rotatable bonds is 5. The second-order valence-electron chi connectivity index (χ2n) is 8.11. The average molecular weight is 376 g/mol. The summed E-state index contributed by atoms with van der Waals surface area (Å²) in [6.07, 6.45) is 7.84. The number of hydrogen-bond acceptors (Lipinski definition) is 1. The van der Waals surface area contributed by atoms with Crippen molar-refractivity contribution in [2.45, 2.75) is 12.3 Å². The summed E-state index contributed by atoms with van der Waals surface area (Å²) in [5, 5.41) is 0. The highest BCUT2D eigenvalue weighted by atomic mass is 16.1. The Labute approximate surface area is 172 Å². The number of benzene rings is 3. The fourth-order valence-electron chi connectivity index (χ4n) is 5.21. The Bertz CT molecular complexity index is 1050. The van der Waals surface area contributed by atoms with E-state index in [1.165, 1.54) is 17.6 Å². The van der Waals surface area contributed by atoms with Crippen molar-refractivity contribution in [3.05, 3.63) is 126 Å². The van der Waals surface area contributed by atoms with Crippen LogP contribution in [0.2, 0.25) is 0 Å². The Morgan fingerprint density at radius 3 is 1.90 bits per heavy atom. The maximum atomic E-state index is 13.1. The van der Waals surface area contributed by atoms with Gasteiger partial charge in [-0.1, -0.05) is 103 Å². The van der Waals surface area contributed by atoms with Gasteiger partial charge in [-0.25, -0.2) is 0 Å². The van der Waals surface area contributed by atoms with E-state index in [1.54, 1.807) is 0 Å². The highest BCUT2D eigenvalue weighted by Gasteiger charge is 2.46. The standard InChI is InChI=1S/C28H24O/c29-26(21-12-6-2-7-13-21)19-25(20-10-4-1-5-11-20)28-24-17-16-23(18-24)27(28)22-14-8-3-9-15-22/h1-17,19,23-24,27-28H,18H2/b25-19-/t23-,24-,27+,28+/m0/s1. The van der Waals surface area contributed by atoms with Gasteiger partial charge >= 0.3 is 0 Å². The fourth-order valence-corrected chi connectivity index (χ4v) is 5.21. The van der Waals surface area contributed by atoms with E-state index >= 15 is 0 Å². The van der Waals surface area contributed by atoms with E-state index in [4.69, 9.17) is 0 Å². The molecule has 2 aliphatic rings. The van der Waals surface area contributed by atoms with Crippen molar-refractivity contribution < 1.29 is 4.79 Å². The molecule has 0 heterocycles. The van der Waals surface area contributed by atoms with E-state index in [-0.39, 0.29) is 5.78 Å². The Hall–Kier alpha value is -3.19. The molecular weight excluding hydrogens is 352 g/mol. The first-order valence-corrected chi connectivity index (χ1v) is 10.4. The van der Waals surface area contributed by atoms with Crippen molar-refractivity contribution in [2.75, 3.05) is 0 Å². The summed E-state index contributed by atoms with van der Waals surface area (Å²) in [6, 6.07) is 30.9. The quantitative estimate of drug-likeness (QED) is 0.280. The van der Waals surface area contributed by atoms with Crippen LogP contribution < -0.4 is 0 Å². The van der Waals surface area contributed by atoms with Crippen LogP contribution in [0.25, 0.3) is 5.57 Å². The van der Waals surface area contributed by atoms with Gasteiger partial charge in [0, 0.05) is 5.56 Å². The van der Waals surface area contributed by atoms with Crippen molar-refractivity contribution in [1.29, 1.82) is 0 Å². The molecule has 0 aromatic heterocycles. The van der Waals surface area contributed by atoms with Gasteiger partial charge in [0.05, 0.1) is 0 Å². The molecule has 2 bridgehead atoms. The third kappa shape index (κ3) is 3.38. The van der Waals surface area contributed by atoms with Crippen LogP contribution in [0.4, 0.5) is 0 Å². The zero-order valence-electron chi connectivity index (χ0n) is 16.3. The van der Waals surface area contributed by atoms with Gasteiger partial charge < -0.3 is 0 Å². The minimum atomic E-state index is 0.0861. The molecule has 4 atom stereocenters. The number of carbonyl (C=O) groups excluding carboxylic acids is 1. The van der Waals surface area contributed by atoms with Crippen LogP contribution in [0.3, 0.4) is 0 Å². The lowest BCUT2D eigenvalue weighted by Gasteiger charge is -2.31. The number of carbonyl (C=O) groups is 1. The van der Waals surface area contributed by atoms with Gasteiger partial charge in [-0.3, -0.25) is 4.79 Å². The molecule has 0 spiro atoms. The minimum absolute atomic E-state index is 0.0861. The topological polar surface area (TPSA) is 17.1 Å². The van der Waals surface area contributed by atoms with E-state index in [1.807, 2.05) is 42.5 Å². The molecule has 1 heteroatoms. The van der Waals surface area contributed by atoms with Gasteiger partial charge in [0.25, 0.3) is 0 Å². The highest BCUT2D eigenvalue weighted by molar-refractivity contribution is 6.08. The summed E-state index contributed by atoms with van der Waals surface area (Å²) in [4.78, 5) is 13.1. The second-order valence-corrected chi connectivity index (χ2v) is 8.11. The predicted octanol–water partition coefficient (Wildman–Crippen LogP) is 6.56. The molecule has 0 aliphatic heterocycles. The largest absolute Gasteiger partial charge is 0.289 e. The Morgan fingerprint density at radius 2 is 1.24 bits per heavy atom. The Balaban J connectivity index is 1.62. The van der Waals surface area contributed by atoms with Crippen LogP contribution in [0.1, 0.15) is 33.8 Å². The molecule has 1 saturated carbocycles. The maximum Gasteiger partial charge on any atom is 0.186 e. The van der Waals surface area contributed by atoms with Crippen molar-refractivity contribution in [3.8, 4) is 0 Å². The summed E-state index contributed by atoms with van der Waals surface area (Å²) < 4.78 is 0. The summed E-state index contributed by atoms with van der Waals surface area (Å²) in [6.45, 7) is 0. The van der Waals surface area contributed by atoms with Gasteiger partial charge in [-0.05, 0) is 52.9 Å². The Kier molecular flexibility index (Phi) is 4.73. The molecule has 1 fully saturated rings. The van der Waals surface area contributed by atoms with Crippen LogP contribution in [0.5, 0.6) is 0 Å². The van der Waals surface area contributed by atoms with Crippen LogP contribution in [-0.2, 0) is 0 Å². The van der Waals surface area contributed by atoms with Crippen LogP contribution >= 0.6 is 0 Å². The molecule has 3 aromatic carbocycles. The van der Waals surface area contributed by atoms with E-state index in [0.29, 0.717) is 23.7 Å². The number of allylic oxidation sites excluding steroid dienone is 4.